The Kier molecular flexibility index (Phi) is 3.07. The van der Waals surface area contributed by atoms with Crippen LogP contribution in [0.2, 0.25) is 5.02 Å². The molecule has 1 aliphatic rings. The molecule has 2 N–H and O–H groups in total. The van der Waals surface area contributed by atoms with Crippen molar-refractivity contribution in [3.63, 3.8) is 0 Å². The highest BCUT2D eigenvalue weighted by molar-refractivity contribution is 6.31. The molecule has 2 rings (SSSR count). The number of hydrogen-bond acceptors (Lipinski definition) is 2. The molecule has 0 aliphatic heterocycles. The van der Waals surface area contributed by atoms with Gasteiger partial charge in [-0.15, -0.1) is 0 Å². The summed E-state index contributed by atoms with van der Waals surface area (Å²) in [6.07, 6.45) is 1.42. The van der Waals surface area contributed by atoms with E-state index >= 15 is 0 Å². The molecule has 17 heavy (non-hydrogen) atoms. The molecule has 1 aromatic carbocycles. The number of aliphatic carboxylic acids is 1. The van der Waals surface area contributed by atoms with Crippen LogP contribution in [-0.2, 0) is 15.0 Å². The van der Waals surface area contributed by atoms with Gasteiger partial charge >= 0.3 is 5.97 Å². The van der Waals surface area contributed by atoms with Gasteiger partial charge in [0, 0.05) is 5.02 Å². The van der Waals surface area contributed by atoms with Crippen molar-refractivity contribution in [3.8, 4) is 0 Å². The quantitative estimate of drug-likeness (QED) is 0.856. The molecule has 0 aromatic heterocycles. The summed E-state index contributed by atoms with van der Waals surface area (Å²) in [5.74, 6) is -1.30. The number of carbonyl (C=O) groups excluding carboxylic acids is 1. The van der Waals surface area contributed by atoms with E-state index in [1.54, 1.807) is 12.1 Å². The number of carbonyl (C=O) groups is 2. The largest absolute Gasteiger partial charge is 0.480 e. The average Bonchev–Trinajstić information content (AvgIpc) is 3.07. The highest BCUT2D eigenvalue weighted by atomic mass is 35.5. The van der Waals surface area contributed by atoms with Crippen LogP contribution in [0.1, 0.15) is 18.4 Å². The van der Waals surface area contributed by atoms with E-state index in [9.17, 15) is 9.59 Å². The zero-order valence-electron chi connectivity index (χ0n) is 9.07. The molecular weight excluding hydrogens is 242 g/mol. The van der Waals surface area contributed by atoms with Crippen LogP contribution in [0, 0.1) is 0 Å². The van der Waals surface area contributed by atoms with E-state index in [1.807, 2.05) is 12.1 Å². The van der Waals surface area contributed by atoms with E-state index in [4.69, 9.17) is 16.7 Å². The Balaban J connectivity index is 2.17. The van der Waals surface area contributed by atoms with Gasteiger partial charge in [0.15, 0.2) is 0 Å². The van der Waals surface area contributed by atoms with Crippen LogP contribution in [0.3, 0.4) is 0 Å². The molecule has 1 amide bonds. The summed E-state index contributed by atoms with van der Waals surface area (Å²) in [5.41, 5.74) is 0.165. The lowest BCUT2D eigenvalue weighted by Crippen LogP contribution is -2.37. The molecule has 1 saturated carbocycles. The SMILES string of the molecule is O=C(O)CNC(=O)C1(c2ccccc2Cl)CC1. The van der Waals surface area contributed by atoms with E-state index in [-0.39, 0.29) is 12.5 Å². The minimum Gasteiger partial charge on any atom is -0.480 e. The number of carboxylic acid groups (broad SMARTS) is 1. The van der Waals surface area contributed by atoms with Crippen LogP contribution >= 0.6 is 11.6 Å². The molecule has 90 valence electrons. The zero-order valence-corrected chi connectivity index (χ0v) is 9.83. The molecule has 0 radical (unpaired) electrons. The summed E-state index contributed by atoms with van der Waals surface area (Å²) in [7, 11) is 0. The van der Waals surface area contributed by atoms with Crippen LogP contribution in [0.15, 0.2) is 24.3 Å². The van der Waals surface area contributed by atoms with Crippen molar-refractivity contribution in [1.82, 2.24) is 5.32 Å². The van der Waals surface area contributed by atoms with E-state index in [0.29, 0.717) is 17.9 Å². The fourth-order valence-electron chi connectivity index (χ4n) is 1.92. The van der Waals surface area contributed by atoms with Gasteiger partial charge in [-0.2, -0.15) is 0 Å². The lowest BCUT2D eigenvalue weighted by Gasteiger charge is -2.16. The average molecular weight is 254 g/mol. The molecule has 0 spiro atoms. The molecule has 0 heterocycles. The van der Waals surface area contributed by atoms with Gasteiger partial charge < -0.3 is 10.4 Å². The van der Waals surface area contributed by atoms with E-state index in [1.165, 1.54) is 0 Å². The van der Waals surface area contributed by atoms with Gasteiger partial charge in [0.05, 0.1) is 5.41 Å². The number of rotatable bonds is 4. The molecule has 1 aliphatic carbocycles. The maximum absolute atomic E-state index is 12.0. The Morgan fingerprint density at radius 1 is 1.35 bits per heavy atom. The number of hydrogen-bond donors (Lipinski definition) is 2. The lowest BCUT2D eigenvalue weighted by atomic mass is 9.95. The summed E-state index contributed by atoms with van der Waals surface area (Å²) in [6.45, 7) is -0.356. The number of halogens is 1. The molecule has 1 aromatic rings. The Morgan fingerprint density at radius 2 is 2.00 bits per heavy atom. The van der Waals surface area contributed by atoms with Gasteiger partial charge in [-0.05, 0) is 24.5 Å². The second-order valence-electron chi connectivity index (χ2n) is 4.14. The minimum absolute atomic E-state index is 0.256. The van der Waals surface area contributed by atoms with Gasteiger partial charge in [-0.1, -0.05) is 29.8 Å². The van der Waals surface area contributed by atoms with Crippen molar-refractivity contribution in [2.45, 2.75) is 18.3 Å². The fraction of sp³-hybridized carbons (Fsp3) is 0.333. The number of amides is 1. The van der Waals surface area contributed by atoms with Crippen LogP contribution in [-0.4, -0.2) is 23.5 Å². The Labute approximate surface area is 104 Å². The Morgan fingerprint density at radius 3 is 2.53 bits per heavy atom. The number of nitrogens with one attached hydrogen (secondary N) is 1. The topological polar surface area (TPSA) is 66.4 Å². The van der Waals surface area contributed by atoms with Gasteiger partial charge in [0.1, 0.15) is 6.54 Å². The summed E-state index contributed by atoms with van der Waals surface area (Å²) >= 11 is 6.06. The van der Waals surface area contributed by atoms with Gasteiger partial charge in [0.2, 0.25) is 5.91 Å². The third-order valence-corrected chi connectivity index (χ3v) is 3.30. The normalized spacial score (nSPS) is 16.3. The van der Waals surface area contributed by atoms with Gasteiger partial charge in [-0.3, -0.25) is 9.59 Å². The van der Waals surface area contributed by atoms with Gasteiger partial charge in [0.25, 0.3) is 0 Å². The summed E-state index contributed by atoms with van der Waals surface area (Å²) in [5, 5.41) is 11.5. The fourth-order valence-corrected chi connectivity index (χ4v) is 2.23. The molecule has 4 nitrogen and oxygen atoms in total. The van der Waals surface area contributed by atoms with E-state index < -0.39 is 11.4 Å². The summed E-state index contributed by atoms with van der Waals surface area (Å²) in [4.78, 5) is 22.4. The van der Waals surface area contributed by atoms with Crippen LogP contribution in [0.25, 0.3) is 0 Å². The minimum atomic E-state index is -1.05. The van der Waals surface area contributed by atoms with Crippen LogP contribution < -0.4 is 5.32 Å². The number of benzene rings is 1. The summed E-state index contributed by atoms with van der Waals surface area (Å²) < 4.78 is 0. The smallest absolute Gasteiger partial charge is 0.322 e. The molecule has 0 unspecified atom stereocenters. The van der Waals surface area contributed by atoms with Crippen molar-refractivity contribution in [2.24, 2.45) is 0 Å². The predicted molar refractivity (Wildman–Crippen MR) is 63.0 cm³/mol. The van der Waals surface area contributed by atoms with Crippen LogP contribution in [0.5, 0.6) is 0 Å². The highest BCUT2D eigenvalue weighted by Crippen LogP contribution is 2.50. The zero-order chi connectivity index (χ0) is 12.5. The van der Waals surface area contributed by atoms with Crippen molar-refractivity contribution in [3.05, 3.63) is 34.9 Å². The molecule has 0 saturated heterocycles. The summed E-state index contributed by atoms with van der Waals surface area (Å²) in [6, 6.07) is 7.18. The monoisotopic (exact) mass is 253 g/mol. The van der Waals surface area contributed by atoms with E-state index in [2.05, 4.69) is 5.32 Å². The lowest BCUT2D eigenvalue weighted by molar-refractivity contribution is -0.138. The maximum Gasteiger partial charge on any atom is 0.322 e. The van der Waals surface area contributed by atoms with Gasteiger partial charge in [-0.25, -0.2) is 0 Å². The Bertz CT molecular complexity index is 469. The second kappa shape index (κ2) is 4.37. The van der Waals surface area contributed by atoms with Crippen LogP contribution in [0.4, 0.5) is 0 Å². The highest BCUT2D eigenvalue weighted by Gasteiger charge is 2.52. The first-order valence-electron chi connectivity index (χ1n) is 5.31. The first-order chi connectivity index (χ1) is 8.06. The maximum atomic E-state index is 12.0. The third kappa shape index (κ3) is 2.26. The molecule has 5 heteroatoms. The first kappa shape index (κ1) is 11.9. The second-order valence-corrected chi connectivity index (χ2v) is 4.55. The van der Waals surface area contributed by atoms with Crippen molar-refractivity contribution in [2.75, 3.05) is 6.54 Å². The van der Waals surface area contributed by atoms with Crippen molar-refractivity contribution >= 4 is 23.5 Å². The first-order valence-corrected chi connectivity index (χ1v) is 5.69. The third-order valence-electron chi connectivity index (χ3n) is 2.97. The van der Waals surface area contributed by atoms with E-state index in [0.717, 1.165) is 5.56 Å². The molecule has 0 bridgehead atoms. The molecule has 0 atom stereocenters. The standard InChI is InChI=1S/C12H12ClNO3/c13-9-4-2-1-3-8(9)12(5-6-12)11(17)14-7-10(15)16/h1-4H,5-7H2,(H,14,17)(H,15,16). The Hall–Kier alpha value is -1.55. The van der Waals surface area contributed by atoms with Crippen molar-refractivity contribution in [1.29, 1.82) is 0 Å². The molecule has 1 fully saturated rings. The predicted octanol–water partition coefficient (Wildman–Crippen LogP) is 1.57. The van der Waals surface area contributed by atoms with Crippen molar-refractivity contribution < 1.29 is 14.7 Å². The molecular formula is C12H12ClNO3. The number of carboxylic acids is 1.